The van der Waals surface area contributed by atoms with Gasteiger partial charge < -0.3 is 5.32 Å². The summed E-state index contributed by atoms with van der Waals surface area (Å²) in [6.45, 7) is 2.83. The smallest absolute Gasteiger partial charge is 0.142 e. The quantitative estimate of drug-likeness (QED) is 0.819. The lowest BCUT2D eigenvalue weighted by Gasteiger charge is -2.18. The van der Waals surface area contributed by atoms with Crippen LogP contribution in [0.4, 0.5) is 4.39 Å². The van der Waals surface area contributed by atoms with Gasteiger partial charge in [-0.15, -0.1) is 11.3 Å². The van der Waals surface area contributed by atoms with Gasteiger partial charge in [0.15, 0.2) is 0 Å². The van der Waals surface area contributed by atoms with Crippen LogP contribution in [0.15, 0.2) is 34.1 Å². The molecule has 1 nitrogen and oxygen atoms in total. The van der Waals surface area contributed by atoms with Crippen molar-refractivity contribution in [3.05, 3.63) is 55.4 Å². The summed E-state index contributed by atoms with van der Waals surface area (Å²) in [6.07, 6.45) is 0. The van der Waals surface area contributed by atoms with Crippen LogP contribution in [-0.4, -0.2) is 6.54 Å². The number of thiophene rings is 1. The highest BCUT2D eigenvalue weighted by atomic mass is 79.9. The van der Waals surface area contributed by atoms with Crippen LogP contribution < -0.4 is 5.32 Å². The van der Waals surface area contributed by atoms with Crippen molar-refractivity contribution in [2.45, 2.75) is 13.0 Å². The van der Waals surface area contributed by atoms with E-state index in [1.807, 2.05) is 24.4 Å². The van der Waals surface area contributed by atoms with Crippen molar-refractivity contribution in [1.29, 1.82) is 0 Å². The van der Waals surface area contributed by atoms with Gasteiger partial charge >= 0.3 is 0 Å². The third-order valence-corrected chi connectivity index (χ3v) is 4.83. The Morgan fingerprint density at radius 1 is 1.44 bits per heavy atom. The van der Waals surface area contributed by atoms with E-state index in [9.17, 15) is 4.39 Å². The topological polar surface area (TPSA) is 12.0 Å². The summed E-state index contributed by atoms with van der Waals surface area (Å²) in [6, 6.07) is 6.91. The molecular weight excluding hydrogens is 337 g/mol. The lowest BCUT2D eigenvalue weighted by atomic mass is 10.1. The van der Waals surface area contributed by atoms with Gasteiger partial charge in [-0.25, -0.2) is 4.39 Å². The molecule has 1 aromatic carbocycles. The van der Waals surface area contributed by atoms with E-state index in [4.69, 9.17) is 11.6 Å². The Balaban J connectivity index is 2.41. The maximum atomic E-state index is 13.6. The Bertz CT molecular complexity index is 544. The van der Waals surface area contributed by atoms with Crippen molar-refractivity contribution in [3.63, 3.8) is 0 Å². The van der Waals surface area contributed by atoms with Gasteiger partial charge in [0.2, 0.25) is 0 Å². The van der Waals surface area contributed by atoms with Crippen LogP contribution in [0.1, 0.15) is 23.4 Å². The van der Waals surface area contributed by atoms with Gasteiger partial charge in [0.25, 0.3) is 0 Å². The van der Waals surface area contributed by atoms with Gasteiger partial charge in [-0.05, 0) is 51.6 Å². The van der Waals surface area contributed by atoms with Crippen molar-refractivity contribution in [2.24, 2.45) is 0 Å². The van der Waals surface area contributed by atoms with E-state index in [2.05, 4.69) is 21.2 Å². The van der Waals surface area contributed by atoms with E-state index in [0.717, 1.165) is 21.5 Å². The van der Waals surface area contributed by atoms with E-state index in [-0.39, 0.29) is 16.9 Å². The third-order valence-electron chi connectivity index (χ3n) is 2.59. The lowest BCUT2D eigenvalue weighted by molar-refractivity contribution is 0.606. The lowest BCUT2D eigenvalue weighted by Crippen LogP contribution is -2.21. The molecule has 2 rings (SSSR count). The van der Waals surface area contributed by atoms with Crippen molar-refractivity contribution in [3.8, 4) is 0 Å². The summed E-state index contributed by atoms with van der Waals surface area (Å²) in [5.74, 6) is -0.384. The maximum absolute atomic E-state index is 13.6. The first-order chi connectivity index (χ1) is 8.63. The minimum absolute atomic E-state index is 0.0175. The Kier molecular flexibility index (Phi) is 4.78. The molecule has 1 N–H and O–H groups in total. The predicted octanol–water partition coefficient (Wildman–Crippen LogP) is 5.00. The number of rotatable bonds is 4. The summed E-state index contributed by atoms with van der Waals surface area (Å²) in [5.41, 5.74) is 0.877. The minimum atomic E-state index is -0.384. The second kappa shape index (κ2) is 6.15. The summed E-state index contributed by atoms with van der Waals surface area (Å²) in [7, 11) is 0. The molecular formula is C13H12BrClFNS. The van der Waals surface area contributed by atoms with Crippen LogP contribution in [-0.2, 0) is 0 Å². The molecule has 0 amide bonds. The monoisotopic (exact) mass is 347 g/mol. The fourth-order valence-corrected chi connectivity index (χ4v) is 3.59. The van der Waals surface area contributed by atoms with Crippen molar-refractivity contribution < 1.29 is 4.39 Å². The Labute approximate surface area is 123 Å². The second-order valence-electron chi connectivity index (χ2n) is 3.80. The molecule has 0 aliphatic rings. The average molecular weight is 349 g/mol. The second-order valence-corrected chi connectivity index (χ2v) is 6.01. The zero-order chi connectivity index (χ0) is 13.1. The van der Waals surface area contributed by atoms with E-state index in [0.29, 0.717) is 0 Å². The molecule has 0 aliphatic carbocycles. The average Bonchev–Trinajstić information content (AvgIpc) is 2.76. The summed E-state index contributed by atoms with van der Waals surface area (Å²) >= 11 is 10.9. The molecule has 0 saturated carbocycles. The predicted molar refractivity (Wildman–Crippen MR) is 78.9 cm³/mol. The van der Waals surface area contributed by atoms with Gasteiger partial charge in [-0.1, -0.05) is 24.6 Å². The molecule has 18 heavy (non-hydrogen) atoms. The molecule has 0 spiro atoms. The minimum Gasteiger partial charge on any atom is -0.306 e. The van der Waals surface area contributed by atoms with Gasteiger partial charge in [-0.2, -0.15) is 0 Å². The SMILES string of the molecule is CCNC(c1ccc(Cl)c(F)c1)c1sccc1Br. The van der Waals surface area contributed by atoms with Crippen LogP contribution in [0.5, 0.6) is 0 Å². The Morgan fingerprint density at radius 2 is 2.22 bits per heavy atom. The van der Waals surface area contributed by atoms with E-state index in [1.54, 1.807) is 17.4 Å². The molecule has 0 aliphatic heterocycles. The molecule has 0 fully saturated rings. The number of hydrogen-bond acceptors (Lipinski definition) is 2. The molecule has 0 radical (unpaired) electrons. The van der Waals surface area contributed by atoms with Crippen molar-refractivity contribution >= 4 is 38.9 Å². The van der Waals surface area contributed by atoms with Gasteiger partial charge in [0.05, 0.1) is 11.1 Å². The highest BCUT2D eigenvalue weighted by Gasteiger charge is 2.18. The molecule has 2 aromatic rings. The van der Waals surface area contributed by atoms with Crippen LogP contribution in [0.2, 0.25) is 5.02 Å². The summed E-state index contributed by atoms with van der Waals surface area (Å²) < 4.78 is 14.6. The Morgan fingerprint density at radius 3 is 2.78 bits per heavy atom. The fourth-order valence-electron chi connectivity index (χ4n) is 1.77. The van der Waals surface area contributed by atoms with E-state index in [1.165, 1.54) is 6.07 Å². The fraction of sp³-hybridized carbons (Fsp3) is 0.231. The molecule has 1 unspecified atom stereocenters. The first-order valence-corrected chi connectivity index (χ1v) is 7.59. The van der Waals surface area contributed by atoms with E-state index >= 15 is 0 Å². The molecule has 96 valence electrons. The third kappa shape index (κ3) is 2.94. The van der Waals surface area contributed by atoms with Crippen LogP contribution in [0.25, 0.3) is 0 Å². The molecule has 0 bridgehead atoms. The molecule has 0 saturated heterocycles. The zero-order valence-corrected chi connectivity index (χ0v) is 12.9. The zero-order valence-electron chi connectivity index (χ0n) is 9.71. The van der Waals surface area contributed by atoms with E-state index < -0.39 is 0 Å². The Hall–Kier alpha value is -0.420. The number of benzene rings is 1. The van der Waals surface area contributed by atoms with Gasteiger partial charge in [0, 0.05) is 9.35 Å². The van der Waals surface area contributed by atoms with Crippen molar-refractivity contribution in [2.75, 3.05) is 6.54 Å². The largest absolute Gasteiger partial charge is 0.306 e. The highest BCUT2D eigenvalue weighted by Crippen LogP contribution is 2.34. The first kappa shape index (κ1) is 14.0. The molecule has 1 atom stereocenters. The summed E-state index contributed by atoms with van der Waals surface area (Å²) in [4.78, 5) is 1.14. The first-order valence-electron chi connectivity index (χ1n) is 5.54. The van der Waals surface area contributed by atoms with Gasteiger partial charge in [-0.3, -0.25) is 0 Å². The van der Waals surface area contributed by atoms with Crippen LogP contribution in [0, 0.1) is 5.82 Å². The number of hydrogen-bond donors (Lipinski definition) is 1. The standard InChI is InChI=1S/C13H12BrClFNS/c1-2-17-12(13-9(14)5-6-18-13)8-3-4-10(15)11(16)7-8/h3-7,12,17H,2H2,1H3. The van der Waals surface area contributed by atoms with Crippen LogP contribution in [0.3, 0.4) is 0 Å². The van der Waals surface area contributed by atoms with Crippen LogP contribution >= 0.6 is 38.9 Å². The van der Waals surface area contributed by atoms with Gasteiger partial charge in [0.1, 0.15) is 5.82 Å². The number of halogens is 3. The summed E-state index contributed by atoms with van der Waals surface area (Å²) in [5, 5.41) is 5.52. The highest BCUT2D eigenvalue weighted by molar-refractivity contribution is 9.10. The number of nitrogens with one attached hydrogen (secondary N) is 1. The molecule has 1 heterocycles. The van der Waals surface area contributed by atoms with Crippen molar-refractivity contribution in [1.82, 2.24) is 5.32 Å². The molecule has 5 heteroatoms. The normalized spacial score (nSPS) is 12.7. The molecule has 1 aromatic heterocycles. The maximum Gasteiger partial charge on any atom is 0.142 e.